The van der Waals surface area contributed by atoms with Crippen molar-refractivity contribution in [2.75, 3.05) is 20.3 Å². The molecule has 1 unspecified atom stereocenters. The molecule has 0 radical (unpaired) electrons. The fourth-order valence-corrected chi connectivity index (χ4v) is 2.30. The standard InChI is InChI=1S/C11H17NO4/c1-12(9-4-8(5-9)11(14)15)10(13)7-2-3-16-6-7/h7-9H,2-6H2,1H3,(H,14,15). The molecular weight excluding hydrogens is 210 g/mol. The maximum Gasteiger partial charge on any atom is 0.306 e. The molecule has 2 aliphatic rings. The summed E-state index contributed by atoms with van der Waals surface area (Å²) in [4.78, 5) is 24.3. The summed E-state index contributed by atoms with van der Waals surface area (Å²) in [6.07, 6.45) is 1.97. The molecule has 16 heavy (non-hydrogen) atoms. The molecule has 5 heteroatoms. The van der Waals surface area contributed by atoms with Gasteiger partial charge in [-0.25, -0.2) is 0 Å². The lowest BCUT2D eigenvalue weighted by Gasteiger charge is -2.39. The quantitative estimate of drug-likeness (QED) is 0.755. The molecule has 1 saturated heterocycles. The molecule has 1 heterocycles. The summed E-state index contributed by atoms with van der Waals surface area (Å²) in [7, 11) is 1.77. The van der Waals surface area contributed by atoms with E-state index in [1.54, 1.807) is 11.9 Å². The Bertz CT molecular complexity index is 292. The molecule has 0 aromatic heterocycles. The third kappa shape index (κ3) is 2.04. The summed E-state index contributed by atoms with van der Waals surface area (Å²) >= 11 is 0. The third-order valence-corrected chi connectivity index (χ3v) is 3.64. The highest BCUT2D eigenvalue weighted by Crippen LogP contribution is 2.32. The normalized spacial score (nSPS) is 33.2. The van der Waals surface area contributed by atoms with Crippen molar-refractivity contribution in [1.29, 1.82) is 0 Å². The van der Waals surface area contributed by atoms with Crippen molar-refractivity contribution < 1.29 is 19.4 Å². The van der Waals surface area contributed by atoms with Crippen LogP contribution in [0.2, 0.25) is 0 Å². The van der Waals surface area contributed by atoms with Crippen LogP contribution < -0.4 is 0 Å². The van der Waals surface area contributed by atoms with E-state index in [0.29, 0.717) is 26.1 Å². The predicted molar refractivity (Wildman–Crippen MR) is 55.8 cm³/mol. The molecule has 1 aliphatic heterocycles. The molecule has 0 aromatic carbocycles. The minimum Gasteiger partial charge on any atom is -0.481 e. The summed E-state index contributed by atoms with van der Waals surface area (Å²) in [6.45, 7) is 1.17. The van der Waals surface area contributed by atoms with Crippen LogP contribution in [0.25, 0.3) is 0 Å². The minimum absolute atomic E-state index is 0.0196. The van der Waals surface area contributed by atoms with Crippen molar-refractivity contribution in [2.45, 2.75) is 25.3 Å². The van der Waals surface area contributed by atoms with Crippen LogP contribution in [-0.2, 0) is 14.3 Å². The molecule has 90 valence electrons. The van der Waals surface area contributed by atoms with Gasteiger partial charge >= 0.3 is 5.97 Å². The van der Waals surface area contributed by atoms with E-state index < -0.39 is 5.97 Å². The van der Waals surface area contributed by atoms with Gasteiger partial charge < -0.3 is 14.7 Å². The van der Waals surface area contributed by atoms with Gasteiger partial charge in [0.25, 0.3) is 0 Å². The van der Waals surface area contributed by atoms with Crippen LogP contribution in [0.1, 0.15) is 19.3 Å². The highest BCUT2D eigenvalue weighted by molar-refractivity contribution is 5.80. The van der Waals surface area contributed by atoms with E-state index in [0.717, 1.165) is 6.42 Å². The molecule has 1 amide bonds. The number of carbonyl (C=O) groups is 2. The van der Waals surface area contributed by atoms with Crippen LogP contribution in [0.3, 0.4) is 0 Å². The number of amides is 1. The largest absolute Gasteiger partial charge is 0.481 e. The van der Waals surface area contributed by atoms with E-state index in [1.807, 2.05) is 0 Å². The Balaban J connectivity index is 1.82. The summed E-state index contributed by atoms with van der Waals surface area (Å²) in [6, 6.07) is 0.106. The zero-order valence-corrected chi connectivity index (χ0v) is 9.39. The van der Waals surface area contributed by atoms with Crippen molar-refractivity contribution in [3.8, 4) is 0 Å². The van der Waals surface area contributed by atoms with Crippen LogP contribution in [-0.4, -0.2) is 48.2 Å². The van der Waals surface area contributed by atoms with Crippen LogP contribution >= 0.6 is 0 Å². The Hall–Kier alpha value is -1.10. The molecule has 1 aliphatic carbocycles. The second kappa shape index (κ2) is 4.41. The fraction of sp³-hybridized carbons (Fsp3) is 0.818. The Labute approximate surface area is 94.4 Å². The first kappa shape index (κ1) is 11.4. The lowest BCUT2D eigenvalue weighted by atomic mass is 9.79. The van der Waals surface area contributed by atoms with Gasteiger partial charge in [0.15, 0.2) is 0 Å². The number of carboxylic acid groups (broad SMARTS) is 1. The molecule has 0 aromatic rings. The number of carboxylic acids is 1. The number of ether oxygens (including phenoxy) is 1. The van der Waals surface area contributed by atoms with E-state index in [2.05, 4.69) is 0 Å². The molecule has 0 spiro atoms. The fourth-order valence-electron chi connectivity index (χ4n) is 2.30. The van der Waals surface area contributed by atoms with Crippen molar-refractivity contribution in [1.82, 2.24) is 4.90 Å². The topological polar surface area (TPSA) is 66.8 Å². The Kier molecular flexibility index (Phi) is 3.14. The molecule has 0 bridgehead atoms. The lowest BCUT2D eigenvalue weighted by molar-refractivity contribution is -0.151. The third-order valence-electron chi connectivity index (χ3n) is 3.64. The molecule has 2 fully saturated rings. The van der Waals surface area contributed by atoms with Crippen LogP contribution in [0.4, 0.5) is 0 Å². The van der Waals surface area contributed by atoms with E-state index in [4.69, 9.17) is 9.84 Å². The molecule has 2 rings (SSSR count). The maximum absolute atomic E-state index is 12.0. The van der Waals surface area contributed by atoms with Crippen molar-refractivity contribution in [3.63, 3.8) is 0 Å². The van der Waals surface area contributed by atoms with E-state index >= 15 is 0 Å². The number of rotatable bonds is 3. The zero-order chi connectivity index (χ0) is 11.7. The van der Waals surface area contributed by atoms with Gasteiger partial charge in [0.05, 0.1) is 18.4 Å². The summed E-state index contributed by atoms with van der Waals surface area (Å²) in [5.74, 6) is -0.929. The zero-order valence-electron chi connectivity index (χ0n) is 9.39. The predicted octanol–water partition coefficient (Wildman–Crippen LogP) is 0.344. The average molecular weight is 227 g/mol. The number of hydrogen-bond acceptors (Lipinski definition) is 3. The molecular formula is C11H17NO4. The summed E-state index contributed by atoms with van der Waals surface area (Å²) < 4.78 is 5.18. The molecule has 1 atom stereocenters. The van der Waals surface area contributed by atoms with Crippen molar-refractivity contribution >= 4 is 11.9 Å². The second-order valence-corrected chi connectivity index (χ2v) is 4.67. The van der Waals surface area contributed by atoms with E-state index in [1.165, 1.54) is 0 Å². The second-order valence-electron chi connectivity index (χ2n) is 4.67. The van der Waals surface area contributed by atoms with Gasteiger partial charge in [-0.1, -0.05) is 0 Å². The van der Waals surface area contributed by atoms with Gasteiger partial charge in [-0.2, -0.15) is 0 Å². The Morgan fingerprint density at radius 1 is 1.31 bits per heavy atom. The SMILES string of the molecule is CN(C(=O)C1CCOC1)C1CC(C(=O)O)C1. The summed E-state index contributed by atoms with van der Waals surface area (Å²) in [5, 5.41) is 8.76. The van der Waals surface area contributed by atoms with Gasteiger partial charge in [0, 0.05) is 19.7 Å². The molecule has 5 nitrogen and oxygen atoms in total. The van der Waals surface area contributed by atoms with Gasteiger partial charge in [-0.15, -0.1) is 0 Å². The first-order chi connectivity index (χ1) is 7.59. The van der Waals surface area contributed by atoms with E-state index in [9.17, 15) is 9.59 Å². The molecule has 1 N–H and O–H groups in total. The first-order valence-electron chi connectivity index (χ1n) is 5.67. The molecule has 1 saturated carbocycles. The minimum atomic E-state index is -0.749. The highest BCUT2D eigenvalue weighted by Gasteiger charge is 2.40. The smallest absolute Gasteiger partial charge is 0.306 e. The van der Waals surface area contributed by atoms with Crippen LogP contribution in [0.15, 0.2) is 0 Å². The number of nitrogens with zero attached hydrogens (tertiary/aromatic N) is 1. The summed E-state index contributed by atoms with van der Waals surface area (Å²) in [5.41, 5.74) is 0. The van der Waals surface area contributed by atoms with E-state index in [-0.39, 0.29) is 23.8 Å². The average Bonchev–Trinajstić information content (AvgIpc) is 2.65. The van der Waals surface area contributed by atoms with Crippen LogP contribution in [0, 0.1) is 11.8 Å². The van der Waals surface area contributed by atoms with Crippen LogP contribution in [0.5, 0.6) is 0 Å². The first-order valence-corrected chi connectivity index (χ1v) is 5.67. The number of hydrogen-bond donors (Lipinski definition) is 1. The maximum atomic E-state index is 12.0. The van der Waals surface area contributed by atoms with Gasteiger partial charge in [-0.3, -0.25) is 9.59 Å². The van der Waals surface area contributed by atoms with Crippen molar-refractivity contribution in [2.24, 2.45) is 11.8 Å². The monoisotopic (exact) mass is 227 g/mol. The number of carbonyl (C=O) groups excluding carboxylic acids is 1. The van der Waals surface area contributed by atoms with Gasteiger partial charge in [-0.05, 0) is 19.3 Å². The van der Waals surface area contributed by atoms with Crippen molar-refractivity contribution in [3.05, 3.63) is 0 Å². The lowest BCUT2D eigenvalue weighted by Crippen LogP contribution is -2.49. The van der Waals surface area contributed by atoms with Gasteiger partial charge in [0.1, 0.15) is 0 Å². The number of aliphatic carboxylic acids is 1. The highest BCUT2D eigenvalue weighted by atomic mass is 16.5. The Morgan fingerprint density at radius 3 is 2.50 bits per heavy atom. The van der Waals surface area contributed by atoms with Gasteiger partial charge in [0.2, 0.25) is 5.91 Å². The Morgan fingerprint density at radius 2 is 2.00 bits per heavy atom.